The number of ether oxygens (including phenoxy) is 1. The van der Waals surface area contributed by atoms with E-state index in [4.69, 9.17) is 4.74 Å². The molecule has 2 aromatic carbocycles. The van der Waals surface area contributed by atoms with E-state index in [1.54, 1.807) is 49.6 Å². The molecule has 200 valence electrons. The van der Waals surface area contributed by atoms with E-state index < -0.39 is 33.8 Å². The molecule has 0 saturated heterocycles. The van der Waals surface area contributed by atoms with E-state index in [0.717, 1.165) is 22.3 Å². The van der Waals surface area contributed by atoms with Crippen molar-refractivity contribution in [2.45, 2.75) is 30.9 Å². The van der Waals surface area contributed by atoms with Crippen LogP contribution < -0.4 is 5.32 Å². The Hall–Kier alpha value is -3.60. The topological polar surface area (TPSA) is 114 Å². The minimum Gasteiger partial charge on any atom is -0.612 e. The van der Waals surface area contributed by atoms with Gasteiger partial charge in [-0.05, 0) is 113 Å². The van der Waals surface area contributed by atoms with Crippen LogP contribution in [0.1, 0.15) is 37.0 Å². The highest BCUT2D eigenvalue weighted by Crippen LogP contribution is 2.44. The van der Waals surface area contributed by atoms with Gasteiger partial charge in [-0.1, -0.05) is 12.1 Å². The molecule has 38 heavy (non-hydrogen) atoms. The highest BCUT2D eigenvalue weighted by molar-refractivity contribution is 7.90. The first-order valence-corrected chi connectivity index (χ1v) is 12.9. The fourth-order valence-electron chi connectivity index (χ4n) is 4.34. The van der Waals surface area contributed by atoms with Gasteiger partial charge in [0.05, 0.1) is 6.42 Å². The second-order valence-corrected chi connectivity index (χ2v) is 10.2. The zero-order valence-corrected chi connectivity index (χ0v) is 22.5. The second-order valence-electron chi connectivity index (χ2n) is 8.81. The Morgan fingerprint density at radius 3 is 2.58 bits per heavy atom. The molecule has 4 rings (SSSR count). The third-order valence-corrected chi connectivity index (χ3v) is 7.01. The third kappa shape index (κ3) is 6.63. The standard InChI is InChI=1S/C27H25FN2O6S.ClH/c1-17-23(13-18-6-9-21(10-7-18)37(3)34)22-11-8-19(28)14-25(22)24(17)15-26(31)36-27(2)12-4-5-20(29-27)16-35-30(32)33;/h4-14,29H,15-16H2,1-3H3;1H/b23-13-;. The largest absolute Gasteiger partial charge is 0.612 e. The molecule has 0 saturated carbocycles. The van der Waals surface area contributed by atoms with E-state index in [0.29, 0.717) is 21.7 Å². The summed E-state index contributed by atoms with van der Waals surface area (Å²) in [4.78, 5) is 28.6. The number of allylic oxidation sites excluding steroid dienone is 4. The third-order valence-electron chi connectivity index (χ3n) is 6.07. The maximum atomic E-state index is 14.2. The van der Waals surface area contributed by atoms with Crippen LogP contribution in [0.4, 0.5) is 4.39 Å². The number of nitrogens with zero attached hydrogens (tertiary/aromatic N) is 1. The van der Waals surface area contributed by atoms with Crippen LogP contribution in [0.15, 0.2) is 76.9 Å². The number of hydrogen-bond donors (Lipinski definition) is 1. The van der Waals surface area contributed by atoms with Gasteiger partial charge in [-0.25, -0.2) is 4.39 Å². The number of hydrogen-bond acceptors (Lipinski definition) is 7. The molecule has 2 aromatic rings. The molecule has 2 atom stereocenters. The van der Waals surface area contributed by atoms with Crippen molar-refractivity contribution < 1.29 is 28.4 Å². The molecule has 8 nitrogen and oxygen atoms in total. The van der Waals surface area contributed by atoms with Crippen LogP contribution in [-0.4, -0.2) is 34.2 Å². The highest BCUT2D eigenvalue weighted by Gasteiger charge is 2.31. The Balaban J connectivity index is 0.00000400. The van der Waals surface area contributed by atoms with Crippen LogP contribution in [-0.2, 0) is 25.5 Å². The van der Waals surface area contributed by atoms with E-state index >= 15 is 0 Å². The summed E-state index contributed by atoms with van der Waals surface area (Å²) in [5, 5.41) is 12.5. The zero-order valence-electron chi connectivity index (χ0n) is 20.9. The number of carbonyl (C=O) groups is 1. The maximum absolute atomic E-state index is 14.2. The highest BCUT2D eigenvalue weighted by atomic mass is 35.5. The number of benzene rings is 2. The van der Waals surface area contributed by atoms with Gasteiger partial charge in [-0.2, -0.15) is 0 Å². The van der Waals surface area contributed by atoms with E-state index in [1.807, 2.05) is 25.1 Å². The molecule has 11 heteroatoms. The van der Waals surface area contributed by atoms with Gasteiger partial charge in [-0.15, -0.1) is 22.5 Å². The van der Waals surface area contributed by atoms with Crippen molar-refractivity contribution in [3.63, 3.8) is 0 Å². The summed E-state index contributed by atoms with van der Waals surface area (Å²) in [7, 11) is 0. The van der Waals surface area contributed by atoms with Crippen molar-refractivity contribution in [1.29, 1.82) is 0 Å². The fraction of sp³-hybridized carbons (Fsp3) is 0.222. The lowest BCUT2D eigenvalue weighted by atomic mass is 10.0. The Morgan fingerprint density at radius 1 is 1.21 bits per heavy atom. The summed E-state index contributed by atoms with van der Waals surface area (Å²) in [6.45, 7) is 3.17. The van der Waals surface area contributed by atoms with Crippen LogP contribution >= 0.6 is 12.4 Å². The maximum Gasteiger partial charge on any atom is 0.312 e. The molecular formula is C27H26ClFN2O6S. The molecular weight excluding hydrogens is 535 g/mol. The summed E-state index contributed by atoms with van der Waals surface area (Å²) in [6.07, 6.45) is 8.28. The van der Waals surface area contributed by atoms with Gasteiger partial charge in [0.2, 0.25) is 5.72 Å². The van der Waals surface area contributed by atoms with Crippen molar-refractivity contribution in [1.82, 2.24) is 5.32 Å². The summed E-state index contributed by atoms with van der Waals surface area (Å²) in [5.74, 6) is -0.977. The normalized spacial score (nSPS) is 19.7. The van der Waals surface area contributed by atoms with Gasteiger partial charge in [0.1, 0.15) is 18.7 Å². The van der Waals surface area contributed by atoms with Gasteiger partial charge in [0.25, 0.3) is 5.09 Å². The van der Waals surface area contributed by atoms with Gasteiger partial charge < -0.3 is 19.4 Å². The van der Waals surface area contributed by atoms with E-state index in [-0.39, 0.29) is 25.4 Å². The zero-order chi connectivity index (χ0) is 26.7. The predicted octanol–water partition coefficient (Wildman–Crippen LogP) is 5.21. The Morgan fingerprint density at radius 2 is 1.92 bits per heavy atom. The first-order valence-electron chi connectivity index (χ1n) is 11.4. The van der Waals surface area contributed by atoms with Crippen LogP contribution in [0.3, 0.4) is 0 Å². The van der Waals surface area contributed by atoms with E-state index in [2.05, 4.69) is 10.2 Å². The SMILES string of the molecule is CC1=C(CC(=O)OC2(C)C=CC=C(CO[N+](=O)[O-])N2)c2cc(F)ccc2/C1=C\c1ccc([S+](C)[O-])cc1.Cl. The average Bonchev–Trinajstić information content (AvgIpc) is 3.08. The van der Waals surface area contributed by atoms with Crippen molar-refractivity contribution in [3.8, 4) is 0 Å². The molecule has 1 heterocycles. The summed E-state index contributed by atoms with van der Waals surface area (Å²) in [6, 6.07) is 11.8. The van der Waals surface area contributed by atoms with E-state index in [1.165, 1.54) is 12.1 Å². The summed E-state index contributed by atoms with van der Waals surface area (Å²) >= 11 is -1.09. The Bertz CT molecular complexity index is 1370. The van der Waals surface area contributed by atoms with Crippen molar-refractivity contribution in [2.24, 2.45) is 0 Å². The van der Waals surface area contributed by atoms with Gasteiger partial charge in [0, 0.05) is 5.70 Å². The number of rotatable bonds is 8. The van der Waals surface area contributed by atoms with Gasteiger partial charge >= 0.3 is 5.97 Å². The van der Waals surface area contributed by atoms with Crippen LogP contribution in [0.25, 0.3) is 17.2 Å². The number of fused-ring (bicyclic) bond motifs is 1. The predicted molar refractivity (Wildman–Crippen MR) is 145 cm³/mol. The molecule has 0 aromatic heterocycles. The molecule has 0 bridgehead atoms. The number of nitrogens with one attached hydrogen (secondary N) is 1. The average molecular weight is 561 g/mol. The summed E-state index contributed by atoms with van der Waals surface area (Å²) < 4.78 is 31.6. The molecule has 2 unspecified atom stereocenters. The van der Waals surface area contributed by atoms with Crippen molar-refractivity contribution in [2.75, 3.05) is 12.9 Å². The van der Waals surface area contributed by atoms with Crippen LogP contribution in [0, 0.1) is 15.9 Å². The fourth-order valence-corrected chi connectivity index (χ4v) is 4.86. The lowest BCUT2D eigenvalue weighted by molar-refractivity contribution is -0.755. The molecule has 0 fully saturated rings. The number of dihydropyridines is 1. The smallest absolute Gasteiger partial charge is 0.312 e. The number of esters is 1. The monoisotopic (exact) mass is 560 g/mol. The molecule has 1 aliphatic carbocycles. The lowest BCUT2D eigenvalue weighted by Crippen LogP contribution is -2.46. The molecule has 2 aliphatic rings. The Labute approximate surface area is 228 Å². The van der Waals surface area contributed by atoms with Gasteiger partial charge in [-0.3, -0.25) is 4.79 Å². The molecule has 1 aliphatic heterocycles. The minimum atomic E-state index is -1.24. The molecule has 0 amide bonds. The molecule has 1 N–H and O–H groups in total. The Kier molecular flexibility index (Phi) is 9.03. The lowest BCUT2D eigenvalue weighted by Gasteiger charge is -2.31. The van der Waals surface area contributed by atoms with E-state index in [9.17, 15) is 23.9 Å². The molecule has 0 radical (unpaired) electrons. The quantitative estimate of drug-likeness (QED) is 0.204. The van der Waals surface area contributed by atoms with Crippen molar-refractivity contribution in [3.05, 3.63) is 105 Å². The second kappa shape index (κ2) is 11.8. The molecule has 0 spiro atoms. The number of carbonyl (C=O) groups excluding carboxylic acids is 1. The first-order chi connectivity index (χ1) is 17.5. The number of halogens is 2. The summed E-state index contributed by atoms with van der Waals surface area (Å²) in [5.41, 5.74) is 3.75. The minimum absolute atomic E-state index is 0. The first kappa shape index (κ1) is 29.0. The van der Waals surface area contributed by atoms with Crippen molar-refractivity contribution >= 4 is 46.8 Å². The van der Waals surface area contributed by atoms with Crippen LogP contribution in [0.5, 0.6) is 0 Å². The van der Waals surface area contributed by atoms with Gasteiger partial charge in [0.15, 0.2) is 4.90 Å². The van der Waals surface area contributed by atoms with Crippen LogP contribution in [0.2, 0.25) is 0 Å².